The molecule has 170 valence electrons. The largest absolute Gasteiger partial charge is 0.496 e. The molecule has 0 bridgehead atoms. The van der Waals surface area contributed by atoms with Crippen LogP contribution in [0.1, 0.15) is 51.6 Å². The van der Waals surface area contributed by atoms with Crippen LogP contribution in [0.15, 0.2) is 46.9 Å². The molecule has 1 aliphatic carbocycles. The fraction of sp³-hybridized carbons (Fsp3) is 0.440. The summed E-state index contributed by atoms with van der Waals surface area (Å²) < 4.78 is 11.8. The number of rotatable bonds is 7. The molecular weight excluding hydrogens is 472 g/mol. The van der Waals surface area contributed by atoms with Gasteiger partial charge in [-0.15, -0.1) is 0 Å². The molecule has 32 heavy (non-hydrogen) atoms. The lowest BCUT2D eigenvalue weighted by Gasteiger charge is -2.26. The lowest BCUT2D eigenvalue weighted by Crippen LogP contribution is -2.32. The van der Waals surface area contributed by atoms with Gasteiger partial charge in [0.05, 0.1) is 23.7 Å². The van der Waals surface area contributed by atoms with Crippen molar-refractivity contribution in [2.75, 3.05) is 34.4 Å². The molecule has 1 saturated carbocycles. The fourth-order valence-electron chi connectivity index (χ4n) is 4.34. The minimum atomic E-state index is -0.163. The van der Waals surface area contributed by atoms with Crippen LogP contribution in [0.4, 0.5) is 0 Å². The molecule has 7 heteroatoms. The van der Waals surface area contributed by atoms with Crippen LogP contribution >= 0.6 is 15.9 Å². The summed E-state index contributed by atoms with van der Waals surface area (Å²) in [5.74, 6) is 1.19. The number of likely N-dealkylation sites (tertiary alicyclic amines) is 1. The highest BCUT2D eigenvalue weighted by atomic mass is 79.9. The number of methoxy groups -OCH3 is 2. The first-order chi connectivity index (χ1) is 15.4. The average molecular weight is 501 g/mol. The van der Waals surface area contributed by atoms with Crippen LogP contribution in [0.2, 0.25) is 0 Å². The first-order valence-electron chi connectivity index (χ1n) is 10.9. The lowest BCUT2D eigenvalue weighted by molar-refractivity contribution is 0.0687. The molecule has 2 aromatic rings. The summed E-state index contributed by atoms with van der Waals surface area (Å²) in [6.45, 7) is 1.30. The Morgan fingerprint density at radius 3 is 2.59 bits per heavy atom. The molecule has 0 aromatic heterocycles. The van der Waals surface area contributed by atoms with Crippen LogP contribution in [0.3, 0.4) is 0 Å². The molecule has 0 N–H and O–H groups in total. The van der Waals surface area contributed by atoms with Gasteiger partial charge in [0.1, 0.15) is 5.75 Å². The van der Waals surface area contributed by atoms with Crippen molar-refractivity contribution in [3.05, 3.63) is 63.6 Å². The highest BCUT2D eigenvalue weighted by Gasteiger charge is 2.37. The number of carbonyl (C=O) groups excluding carboxylic acids is 2. The van der Waals surface area contributed by atoms with Gasteiger partial charge >= 0.3 is 0 Å². The maximum absolute atomic E-state index is 13.5. The Morgan fingerprint density at radius 2 is 1.91 bits per heavy atom. The fourth-order valence-corrected chi connectivity index (χ4v) is 4.75. The van der Waals surface area contributed by atoms with Gasteiger partial charge < -0.3 is 19.3 Å². The summed E-state index contributed by atoms with van der Waals surface area (Å²) in [6.07, 6.45) is 3.04. The Labute approximate surface area is 197 Å². The van der Waals surface area contributed by atoms with E-state index in [0.29, 0.717) is 35.8 Å². The first kappa shape index (κ1) is 22.8. The minimum Gasteiger partial charge on any atom is -0.496 e. The summed E-state index contributed by atoms with van der Waals surface area (Å²) >= 11 is 3.44. The topological polar surface area (TPSA) is 59.1 Å². The second-order valence-electron chi connectivity index (χ2n) is 8.67. The second-order valence-corrected chi connectivity index (χ2v) is 9.52. The van der Waals surface area contributed by atoms with E-state index in [9.17, 15) is 9.59 Å². The van der Waals surface area contributed by atoms with E-state index in [4.69, 9.17) is 9.47 Å². The average Bonchev–Trinajstić information content (AvgIpc) is 3.52. The Kier molecular flexibility index (Phi) is 6.86. The molecule has 1 heterocycles. The number of benzene rings is 2. The maximum Gasteiger partial charge on any atom is 0.254 e. The van der Waals surface area contributed by atoms with Gasteiger partial charge in [0.15, 0.2) is 0 Å². The molecule has 6 nitrogen and oxygen atoms in total. The predicted octanol–water partition coefficient (Wildman–Crippen LogP) is 4.54. The van der Waals surface area contributed by atoms with Gasteiger partial charge in [-0.3, -0.25) is 9.59 Å². The van der Waals surface area contributed by atoms with E-state index in [0.717, 1.165) is 16.6 Å². The number of carbonyl (C=O) groups is 2. The third kappa shape index (κ3) is 4.84. The monoisotopic (exact) mass is 500 g/mol. The lowest BCUT2D eigenvalue weighted by atomic mass is 10.00. The minimum absolute atomic E-state index is 0.0237. The van der Waals surface area contributed by atoms with Gasteiger partial charge in [0.25, 0.3) is 11.8 Å². The molecule has 2 amide bonds. The van der Waals surface area contributed by atoms with Gasteiger partial charge in [-0.1, -0.05) is 12.1 Å². The van der Waals surface area contributed by atoms with Crippen LogP contribution in [0, 0.1) is 5.92 Å². The summed E-state index contributed by atoms with van der Waals surface area (Å²) in [5.41, 5.74) is 2.17. The van der Waals surface area contributed by atoms with Crippen molar-refractivity contribution in [2.24, 2.45) is 5.92 Å². The van der Waals surface area contributed by atoms with E-state index in [-0.39, 0.29) is 24.0 Å². The standard InChI is InChI=1S/C25H29BrN2O4/c1-27(14-16-7-8-16)24(29)18-6-4-5-17(11-18)22-13-20(31-2)15-28(22)25(30)19-9-10-21(26)23(12-19)32-3/h4-6,9-12,16,20,22H,7-8,13-15H2,1-3H3/t20?,22-/m1/s1. The maximum atomic E-state index is 13.5. The van der Waals surface area contributed by atoms with Crippen molar-refractivity contribution in [3.8, 4) is 5.75 Å². The van der Waals surface area contributed by atoms with Crippen molar-refractivity contribution in [1.82, 2.24) is 9.80 Å². The number of hydrogen-bond acceptors (Lipinski definition) is 4. The Hall–Kier alpha value is -2.38. The van der Waals surface area contributed by atoms with E-state index in [1.54, 1.807) is 31.3 Å². The number of halogens is 1. The van der Waals surface area contributed by atoms with Gasteiger partial charge in [-0.05, 0) is 77.0 Å². The molecule has 0 radical (unpaired) electrons. The number of nitrogens with zero attached hydrogens (tertiary/aromatic N) is 2. The van der Waals surface area contributed by atoms with Crippen LogP contribution in [-0.4, -0.2) is 62.1 Å². The van der Waals surface area contributed by atoms with E-state index in [1.807, 2.05) is 42.3 Å². The number of amides is 2. The van der Waals surface area contributed by atoms with Crippen molar-refractivity contribution in [3.63, 3.8) is 0 Å². The molecule has 2 aliphatic rings. The summed E-state index contributed by atoms with van der Waals surface area (Å²) in [5, 5.41) is 0. The summed E-state index contributed by atoms with van der Waals surface area (Å²) in [7, 11) is 5.11. The molecule has 2 aromatic carbocycles. The van der Waals surface area contributed by atoms with Gasteiger partial charge in [0.2, 0.25) is 0 Å². The first-order valence-corrected chi connectivity index (χ1v) is 11.7. The molecule has 1 saturated heterocycles. The van der Waals surface area contributed by atoms with E-state index >= 15 is 0 Å². The molecule has 2 fully saturated rings. The molecule has 4 rings (SSSR count). The molecular formula is C25H29BrN2O4. The number of hydrogen-bond donors (Lipinski definition) is 0. The second kappa shape index (κ2) is 9.63. The van der Waals surface area contributed by atoms with Crippen LogP contribution in [-0.2, 0) is 4.74 Å². The van der Waals surface area contributed by atoms with Crippen molar-refractivity contribution < 1.29 is 19.1 Å². The SMILES string of the molecule is COc1cc(C(=O)N2CC(OC)C[C@@H]2c2cccc(C(=O)N(C)CC3CC3)c2)ccc1Br. The Morgan fingerprint density at radius 1 is 1.12 bits per heavy atom. The van der Waals surface area contributed by atoms with Gasteiger partial charge in [-0.2, -0.15) is 0 Å². The number of ether oxygens (including phenoxy) is 2. The van der Waals surface area contributed by atoms with Crippen LogP contribution in [0.25, 0.3) is 0 Å². The molecule has 1 aliphatic heterocycles. The zero-order valence-electron chi connectivity index (χ0n) is 18.7. The highest BCUT2D eigenvalue weighted by Crippen LogP contribution is 2.36. The van der Waals surface area contributed by atoms with Crippen molar-refractivity contribution in [2.45, 2.75) is 31.4 Å². The summed E-state index contributed by atoms with van der Waals surface area (Å²) in [4.78, 5) is 30.0. The Balaban J connectivity index is 1.59. The van der Waals surface area contributed by atoms with Gasteiger partial charge in [-0.25, -0.2) is 0 Å². The normalized spacial score (nSPS) is 20.3. The van der Waals surface area contributed by atoms with E-state index in [1.165, 1.54) is 12.8 Å². The van der Waals surface area contributed by atoms with E-state index in [2.05, 4.69) is 15.9 Å². The van der Waals surface area contributed by atoms with Gasteiger partial charge in [0, 0.05) is 38.4 Å². The predicted molar refractivity (Wildman–Crippen MR) is 126 cm³/mol. The highest BCUT2D eigenvalue weighted by molar-refractivity contribution is 9.10. The quantitative estimate of drug-likeness (QED) is 0.559. The molecule has 0 spiro atoms. The summed E-state index contributed by atoms with van der Waals surface area (Å²) in [6, 6.07) is 12.9. The smallest absolute Gasteiger partial charge is 0.254 e. The zero-order chi connectivity index (χ0) is 22.8. The van der Waals surface area contributed by atoms with Crippen LogP contribution in [0.5, 0.6) is 5.75 Å². The Bertz CT molecular complexity index is 1010. The third-order valence-electron chi connectivity index (χ3n) is 6.35. The van der Waals surface area contributed by atoms with Crippen molar-refractivity contribution in [1.29, 1.82) is 0 Å². The third-order valence-corrected chi connectivity index (χ3v) is 7.00. The van der Waals surface area contributed by atoms with Crippen LogP contribution < -0.4 is 4.74 Å². The molecule has 1 unspecified atom stereocenters. The zero-order valence-corrected chi connectivity index (χ0v) is 20.3. The van der Waals surface area contributed by atoms with Crippen molar-refractivity contribution >= 4 is 27.7 Å². The molecule has 2 atom stereocenters. The van der Waals surface area contributed by atoms with E-state index < -0.39 is 0 Å².